The number of nitrogens with zero attached hydrogens (tertiary/aromatic N) is 1. The van der Waals surface area contributed by atoms with Gasteiger partial charge in [0.1, 0.15) is 0 Å². The monoisotopic (exact) mass is 268 g/mol. The fourth-order valence-electron chi connectivity index (χ4n) is 1.82. The van der Waals surface area contributed by atoms with Crippen molar-refractivity contribution in [2.45, 2.75) is 39.5 Å². The van der Waals surface area contributed by atoms with Crippen molar-refractivity contribution in [1.82, 2.24) is 10.3 Å². The number of unbranched alkanes of at least 4 members (excludes halogenated alkanes) is 1. The maximum absolute atomic E-state index is 11.9. The lowest BCUT2D eigenvalue weighted by molar-refractivity contribution is 0.0945. The molecule has 0 aromatic carbocycles. The minimum atomic E-state index is -0.136. The van der Waals surface area contributed by atoms with Crippen LogP contribution in [-0.4, -0.2) is 17.4 Å². The second-order valence-corrected chi connectivity index (χ2v) is 4.89. The van der Waals surface area contributed by atoms with Gasteiger partial charge in [0.15, 0.2) is 0 Å². The molecule has 18 heavy (non-hydrogen) atoms. The third-order valence-electron chi connectivity index (χ3n) is 3.11. The lowest BCUT2D eigenvalue weighted by atomic mass is 9.99. The molecule has 0 radical (unpaired) electrons. The first kappa shape index (κ1) is 15.0. The van der Waals surface area contributed by atoms with Gasteiger partial charge in [0, 0.05) is 18.9 Å². The molecule has 0 bridgehead atoms. The third-order valence-corrected chi connectivity index (χ3v) is 3.44. The van der Waals surface area contributed by atoms with Gasteiger partial charge in [-0.2, -0.15) is 0 Å². The number of aromatic nitrogens is 1. The first-order valence-electron chi connectivity index (χ1n) is 6.56. The first-order valence-corrected chi connectivity index (χ1v) is 6.94. The van der Waals surface area contributed by atoms with Gasteiger partial charge >= 0.3 is 0 Å². The molecular weight excluding hydrogens is 248 g/mol. The number of hydrogen-bond acceptors (Lipinski definition) is 2. The Labute approximate surface area is 114 Å². The lowest BCUT2D eigenvalue weighted by Crippen LogP contribution is -2.29. The zero-order chi connectivity index (χ0) is 13.4. The molecule has 1 atom stereocenters. The molecule has 1 rings (SSSR count). The summed E-state index contributed by atoms with van der Waals surface area (Å²) in [5.74, 6) is 0.410. The molecule has 100 valence electrons. The van der Waals surface area contributed by atoms with Crippen LogP contribution >= 0.6 is 11.6 Å². The zero-order valence-corrected chi connectivity index (χ0v) is 11.8. The summed E-state index contributed by atoms with van der Waals surface area (Å²) in [4.78, 5) is 15.8. The molecule has 0 fully saturated rings. The van der Waals surface area contributed by atoms with Crippen molar-refractivity contribution in [1.29, 1.82) is 0 Å². The molecule has 1 unspecified atom stereocenters. The Bertz CT molecular complexity index is 382. The summed E-state index contributed by atoms with van der Waals surface area (Å²) >= 11 is 5.95. The smallest absolute Gasteiger partial charge is 0.254 e. The highest BCUT2D eigenvalue weighted by Gasteiger charge is 2.12. The molecule has 1 aromatic rings. The number of hydrogen-bond donors (Lipinski definition) is 1. The van der Waals surface area contributed by atoms with Gasteiger partial charge < -0.3 is 5.32 Å². The highest BCUT2D eigenvalue weighted by atomic mass is 35.5. The molecule has 1 N–H and O–H groups in total. The van der Waals surface area contributed by atoms with Crippen LogP contribution in [0, 0.1) is 5.92 Å². The van der Waals surface area contributed by atoms with Gasteiger partial charge in [-0.1, -0.05) is 44.7 Å². The van der Waals surface area contributed by atoms with E-state index in [9.17, 15) is 4.79 Å². The summed E-state index contributed by atoms with van der Waals surface area (Å²) in [5, 5.41) is 3.38. The lowest BCUT2D eigenvalue weighted by Gasteiger charge is -2.15. The number of rotatable bonds is 7. The summed E-state index contributed by atoms with van der Waals surface area (Å²) < 4.78 is 0. The molecule has 0 aliphatic rings. The van der Waals surface area contributed by atoms with E-state index in [1.165, 1.54) is 19.0 Å². The van der Waals surface area contributed by atoms with E-state index in [-0.39, 0.29) is 5.91 Å². The molecule has 3 nitrogen and oxygen atoms in total. The van der Waals surface area contributed by atoms with Crippen LogP contribution in [0.25, 0.3) is 0 Å². The number of amides is 1. The van der Waals surface area contributed by atoms with Crippen molar-refractivity contribution in [3.8, 4) is 0 Å². The summed E-state index contributed by atoms with van der Waals surface area (Å²) in [5.41, 5.74) is 0.449. The van der Waals surface area contributed by atoms with Crippen LogP contribution in [0.1, 0.15) is 49.9 Å². The molecule has 0 aliphatic carbocycles. The van der Waals surface area contributed by atoms with Crippen LogP contribution in [-0.2, 0) is 0 Å². The maximum Gasteiger partial charge on any atom is 0.254 e. The average Bonchev–Trinajstić information content (AvgIpc) is 2.39. The molecule has 4 heteroatoms. The van der Waals surface area contributed by atoms with Crippen molar-refractivity contribution >= 4 is 17.5 Å². The normalized spacial score (nSPS) is 12.2. The SMILES string of the molecule is CCCCC(CC)CNC(=O)c1cnccc1Cl. The van der Waals surface area contributed by atoms with Crippen molar-refractivity contribution in [3.63, 3.8) is 0 Å². The Morgan fingerprint density at radius 2 is 2.28 bits per heavy atom. The summed E-state index contributed by atoms with van der Waals surface area (Å²) in [6.07, 6.45) is 7.73. The molecule has 0 aliphatic heterocycles. The number of pyridine rings is 1. The predicted molar refractivity (Wildman–Crippen MR) is 74.9 cm³/mol. The highest BCUT2D eigenvalue weighted by molar-refractivity contribution is 6.33. The van der Waals surface area contributed by atoms with Gasteiger partial charge in [0.05, 0.1) is 10.6 Å². The van der Waals surface area contributed by atoms with E-state index in [0.717, 1.165) is 12.8 Å². The quantitative estimate of drug-likeness (QED) is 0.820. The summed E-state index contributed by atoms with van der Waals surface area (Å²) in [7, 11) is 0. The Balaban J connectivity index is 2.47. The minimum Gasteiger partial charge on any atom is -0.352 e. The third kappa shape index (κ3) is 4.65. The standard InChI is InChI=1S/C14H21ClN2O/c1-3-5-6-11(4-2)9-17-14(18)12-10-16-8-7-13(12)15/h7-8,10-11H,3-6,9H2,1-2H3,(H,17,18). The number of halogens is 1. The fraction of sp³-hybridized carbons (Fsp3) is 0.571. The highest BCUT2D eigenvalue weighted by Crippen LogP contribution is 2.14. The van der Waals surface area contributed by atoms with Gasteiger partial charge in [-0.05, 0) is 18.4 Å². The zero-order valence-electron chi connectivity index (χ0n) is 11.1. The molecule has 0 saturated heterocycles. The summed E-state index contributed by atoms with van der Waals surface area (Å²) in [6, 6.07) is 1.63. The summed E-state index contributed by atoms with van der Waals surface area (Å²) in [6.45, 7) is 5.05. The Morgan fingerprint density at radius 3 is 2.89 bits per heavy atom. The minimum absolute atomic E-state index is 0.136. The van der Waals surface area contributed by atoms with Crippen LogP contribution < -0.4 is 5.32 Å². The van der Waals surface area contributed by atoms with Gasteiger partial charge in [0.25, 0.3) is 5.91 Å². The van der Waals surface area contributed by atoms with E-state index < -0.39 is 0 Å². The van der Waals surface area contributed by atoms with Gasteiger partial charge in [-0.25, -0.2) is 0 Å². The first-order chi connectivity index (χ1) is 8.69. The van der Waals surface area contributed by atoms with E-state index in [2.05, 4.69) is 24.1 Å². The van der Waals surface area contributed by atoms with Crippen LogP contribution in [0.4, 0.5) is 0 Å². The maximum atomic E-state index is 11.9. The van der Waals surface area contributed by atoms with Crippen molar-refractivity contribution in [2.24, 2.45) is 5.92 Å². The van der Waals surface area contributed by atoms with Crippen LogP contribution in [0.3, 0.4) is 0 Å². The molecular formula is C14H21ClN2O. The molecule has 1 amide bonds. The predicted octanol–water partition coefficient (Wildman–Crippen LogP) is 3.68. The van der Waals surface area contributed by atoms with Gasteiger partial charge in [-0.3, -0.25) is 9.78 Å². The Hall–Kier alpha value is -1.09. The van der Waals surface area contributed by atoms with E-state index in [1.54, 1.807) is 12.3 Å². The van der Waals surface area contributed by atoms with Gasteiger partial charge in [0.2, 0.25) is 0 Å². The van der Waals surface area contributed by atoms with E-state index in [4.69, 9.17) is 11.6 Å². The number of nitrogens with one attached hydrogen (secondary N) is 1. The van der Waals surface area contributed by atoms with Crippen molar-refractivity contribution in [2.75, 3.05) is 6.54 Å². The second-order valence-electron chi connectivity index (χ2n) is 4.48. The number of carbonyl (C=O) groups is 1. The average molecular weight is 269 g/mol. The number of carbonyl (C=O) groups excluding carboxylic acids is 1. The largest absolute Gasteiger partial charge is 0.352 e. The molecule has 0 spiro atoms. The molecule has 0 saturated carbocycles. The van der Waals surface area contributed by atoms with E-state index >= 15 is 0 Å². The van der Waals surface area contributed by atoms with E-state index in [0.29, 0.717) is 23.0 Å². The Kier molecular flexibility index (Phi) is 6.73. The molecule has 1 aromatic heterocycles. The Morgan fingerprint density at radius 1 is 1.50 bits per heavy atom. The molecule has 1 heterocycles. The van der Waals surface area contributed by atoms with Gasteiger partial charge in [-0.15, -0.1) is 0 Å². The topological polar surface area (TPSA) is 42.0 Å². The van der Waals surface area contributed by atoms with Crippen molar-refractivity contribution < 1.29 is 4.79 Å². The van der Waals surface area contributed by atoms with Crippen LogP contribution in [0.15, 0.2) is 18.5 Å². The van der Waals surface area contributed by atoms with Crippen LogP contribution in [0.2, 0.25) is 5.02 Å². The fourth-order valence-corrected chi connectivity index (χ4v) is 2.01. The van der Waals surface area contributed by atoms with Crippen molar-refractivity contribution in [3.05, 3.63) is 29.0 Å². The van der Waals surface area contributed by atoms with E-state index in [1.807, 2.05) is 0 Å². The van der Waals surface area contributed by atoms with Crippen LogP contribution in [0.5, 0.6) is 0 Å². The second kappa shape index (κ2) is 8.09.